The third-order valence-corrected chi connectivity index (χ3v) is 6.90. The van der Waals surface area contributed by atoms with Crippen molar-refractivity contribution >= 4 is 57.7 Å². The maximum absolute atomic E-state index is 13.1. The highest BCUT2D eigenvalue weighted by Gasteiger charge is 2.48. The fourth-order valence-electron chi connectivity index (χ4n) is 4.57. The van der Waals surface area contributed by atoms with Gasteiger partial charge in [-0.15, -0.1) is 0 Å². The second-order valence-electron chi connectivity index (χ2n) is 9.46. The van der Waals surface area contributed by atoms with Crippen molar-refractivity contribution in [3.05, 3.63) is 107 Å². The number of rotatable bonds is 8. The molecule has 0 radical (unpaired) electrons. The number of fused-ring (bicyclic) bond motifs is 1. The van der Waals surface area contributed by atoms with E-state index < -0.39 is 23.9 Å². The van der Waals surface area contributed by atoms with E-state index in [4.69, 9.17) is 11.6 Å². The van der Waals surface area contributed by atoms with E-state index >= 15 is 0 Å². The quantitative estimate of drug-likeness (QED) is 0.171. The van der Waals surface area contributed by atoms with Gasteiger partial charge in [0.25, 0.3) is 5.91 Å². The van der Waals surface area contributed by atoms with Crippen LogP contribution in [0.2, 0.25) is 5.02 Å². The van der Waals surface area contributed by atoms with Crippen molar-refractivity contribution in [2.45, 2.75) is 19.0 Å². The highest BCUT2D eigenvalue weighted by atomic mass is 35.5. The first-order valence-electron chi connectivity index (χ1n) is 12.9. The predicted octanol–water partition coefficient (Wildman–Crippen LogP) is 4.34. The van der Waals surface area contributed by atoms with E-state index in [2.05, 4.69) is 20.9 Å². The molecule has 1 saturated heterocycles. The number of nitrogens with zero attached hydrogens (tertiary/aromatic N) is 2. The zero-order valence-corrected chi connectivity index (χ0v) is 22.6. The molecule has 0 spiro atoms. The van der Waals surface area contributed by atoms with E-state index in [0.717, 1.165) is 33.4 Å². The van der Waals surface area contributed by atoms with Gasteiger partial charge >= 0.3 is 11.8 Å². The number of hydrogen-bond donors (Lipinski definition) is 3. The second kappa shape index (κ2) is 12.0. The molecule has 2 heterocycles. The average molecular weight is 554 g/mol. The topological polar surface area (TPSA) is 103 Å². The van der Waals surface area contributed by atoms with E-state index in [9.17, 15) is 14.4 Å². The Balaban J connectivity index is 1.19. The summed E-state index contributed by atoms with van der Waals surface area (Å²) >= 11 is 6.05. The van der Waals surface area contributed by atoms with Gasteiger partial charge in [0.2, 0.25) is 0 Å². The van der Waals surface area contributed by atoms with Crippen LogP contribution in [0.15, 0.2) is 91.1 Å². The molecule has 2 atom stereocenters. The van der Waals surface area contributed by atoms with Crippen molar-refractivity contribution in [1.82, 2.24) is 15.6 Å². The smallest absolute Gasteiger partial charge is 0.310 e. The molecule has 202 valence electrons. The first-order valence-corrected chi connectivity index (χ1v) is 13.3. The molecule has 0 saturated carbocycles. The maximum Gasteiger partial charge on any atom is 0.310 e. The fraction of sp³-hybridized carbons (Fsp3) is 0.161. The Hall–Kier alpha value is -4.69. The number of β-lactam (4-membered cyclic amide) rings is 1. The van der Waals surface area contributed by atoms with Crippen LogP contribution >= 0.6 is 11.6 Å². The number of amides is 3. The highest BCUT2D eigenvalue weighted by Crippen LogP contribution is 2.30. The van der Waals surface area contributed by atoms with Crippen LogP contribution in [-0.2, 0) is 14.4 Å². The second-order valence-corrected chi connectivity index (χ2v) is 9.89. The first-order chi connectivity index (χ1) is 19.4. The molecule has 5 rings (SSSR count). The molecule has 40 heavy (non-hydrogen) atoms. The van der Waals surface area contributed by atoms with Gasteiger partial charge in [0.1, 0.15) is 6.04 Å². The number of halogens is 1. The summed E-state index contributed by atoms with van der Waals surface area (Å²) in [6, 6.07) is 23.2. The fourth-order valence-corrected chi connectivity index (χ4v) is 4.73. The zero-order chi connectivity index (χ0) is 28.1. The van der Waals surface area contributed by atoms with Gasteiger partial charge in [0.05, 0.1) is 11.6 Å². The molecule has 1 fully saturated rings. The van der Waals surface area contributed by atoms with Gasteiger partial charge in [-0.1, -0.05) is 71.8 Å². The SMILES string of the molecule is Cc1ccc(N2C(=O)[C@@H](NC(=O)C(=O)NCCNc3ccnc4cc(Cl)ccc34)[C@H]2/C=C/c2ccccc2)cc1. The summed E-state index contributed by atoms with van der Waals surface area (Å²) in [6.45, 7) is 2.56. The third kappa shape index (κ3) is 5.97. The summed E-state index contributed by atoms with van der Waals surface area (Å²) in [5.41, 5.74) is 4.35. The lowest BCUT2D eigenvalue weighted by Crippen LogP contribution is -2.71. The van der Waals surface area contributed by atoms with Crippen LogP contribution in [-0.4, -0.2) is 47.9 Å². The molecule has 3 aromatic carbocycles. The van der Waals surface area contributed by atoms with Crippen LogP contribution in [0.4, 0.5) is 11.4 Å². The van der Waals surface area contributed by atoms with E-state index in [1.807, 2.05) is 85.8 Å². The molecule has 3 amide bonds. The monoisotopic (exact) mass is 553 g/mol. The molecule has 0 bridgehead atoms. The normalized spacial score (nSPS) is 16.6. The summed E-state index contributed by atoms with van der Waals surface area (Å²) < 4.78 is 0. The lowest BCUT2D eigenvalue weighted by atomic mass is 9.92. The number of benzene rings is 3. The van der Waals surface area contributed by atoms with Crippen LogP contribution in [0.1, 0.15) is 11.1 Å². The minimum Gasteiger partial charge on any atom is -0.383 e. The van der Waals surface area contributed by atoms with Crippen LogP contribution < -0.4 is 20.9 Å². The molecular weight excluding hydrogens is 526 g/mol. The van der Waals surface area contributed by atoms with Crippen molar-refractivity contribution in [3.8, 4) is 0 Å². The maximum atomic E-state index is 13.1. The number of pyridine rings is 1. The zero-order valence-electron chi connectivity index (χ0n) is 21.8. The van der Waals surface area contributed by atoms with Crippen molar-refractivity contribution in [2.24, 2.45) is 0 Å². The molecule has 1 aromatic heterocycles. The van der Waals surface area contributed by atoms with Gasteiger partial charge < -0.3 is 20.9 Å². The predicted molar refractivity (Wildman–Crippen MR) is 158 cm³/mol. The van der Waals surface area contributed by atoms with Gasteiger partial charge in [-0.25, -0.2) is 0 Å². The summed E-state index contributed by atoms with van der Waals surface area (Å²) in [5, 5.41) is 9.96. The third-order valence-electron chi connectivity index (χ3n) is 6.66. The van der Waals surface area contributed by atoms with Crippen molar-refractivity contribution in [2.75, 3.05) is 23.3 Å². The Morgan fingerprint density at radius 2 is 1.75 bits per heavy atom. The molecule has 3 N–H and O–H groups in total. The number of aromatic nitrogens is 1. The molecule has 9 heteroatoms. The van der Waals surface area contributed by atoms with E-state index in [1.54, 1.807) is 23.2 Å². The van der Waals surface area contributed by atoms with Gasteiger partial charge in [0.15, 0.2) is 0 Å². The minimum absolute atomic E-state index is 0.203. The molecule has 0 aliphatic carbocycles. The van der Waals surface area contributed by atoms with Gasteiger partial charge in [-0.2, -0.15) is 0 Å². The van der Waals surface area contributed by atoms with Crippen molar-refractivity contribution in [3.63, 3.8) is 0 Å². The molecule has 8 nitrogen and oxygen atoms in total. The number of anilines is 2. The Morgan fingerprint density at radius 1 is 0.975 bits per heavy atom. The number of nitrogens with one attached hydrogen (secondary N) is 3. The molecule has 1 aliphatic heterocycles. The lowest BCUT2D eigenvalue weighted by molar-refractivity contribution is -0.141. The van der Waals surface area contributed by atoms with E-state index in [1.165, 1.54) is 0 Å². The van der Waals surface area contributed by atoms with Crippen molar-refractivity contribution in [1.29, 1.82) is 0 Å². The summed E-state index contributed by atoms with van der Waals surface area (Å²) in [5.74, 6) is -1.94. The van der Waals surface area contributed by atoms with E-state index in [-0.39, 0.29) is 12.5 Å². The minimum atomic E-state index is -0.857. The van der Waals surface area contributed by atoms with Crippen LogP contribution in [0.25, 0.3) is 17.0 Å². The van der Waals surface area contributed by atoms with Gasteiger partial charge in [-0.05, 0) is 48.9 Å². The first kappa shape index (κ1) is 26.9. The molecule has 1 aliphatic rings. The molecule has 0 unspecified atom stereocenters. The average Bonchev–Trinajstić information content (AvgIpc) is 2.97. The number of aryl methyl sites for hydroxylation is 1. The van der Waals surface area contributed by atoms with E-state index in [0.29, 0.717) is 11.6 Å². The summed E-state index contributed by atoms with van der Waals surface area (Å²) in [6.07, 6.45) is 5.45. The number of carbonyl (C=O) groups is 3. The highest BCUT2D eigenvalue weighted by molar-refractivity contribution is 6.36. The van der Waals surface area contributed by atoms with Crippen LogP contribution in [0, 0.1) is 6.92 Å². The summed E-state index contributed by atoms with van der Waals surface area (Å²) in [7, 11) is 0. The number of hydrogen-bond acceptors (Lipinski definition) is 5. The molecule has 4 aromatic rings. The number of carbonyl (C=O) groups excluding carboxylic acids is 3. The van der Waals surface area contributed by atoms with Gasteiger partial charge in [0, 0.05) is 41.1 Å². The Labute approximate surface area is 237 Å². The Bertz CT molecular complexity index is 1570. The standard InChI is InChI=1S/C31H28ClN5O3/c1-20-7-11-23(12-8-20)37-27(14-9-21-5-3-2-4-6-21)28(31(37)40)36-30(39)29(38)35-18-17-34-25-15-16-33-26-19-22(32)10-13-24(25)26/h2-16,19,27-28H,17-18H2,1H3,(H,33,34)(H,35,38)(H,36,39)/b14-9+/t27-,28+/m1/s1. The Morgan fingerprint density at radius 3 is 2.52 bits per heavy atom. The Kier molecular flexibility index (Phi) is 8.07. The molecular formula is C31H28ClN5O3. The largest absolute Gasteiger partial charge is 0.383 e. The van der Waals surface area contributed by atoms with Crippen LogP contribution in [0.5, 0.6) is 0 Å². The summed E-state index contributed by atoms with van der Waals surface area (Å²) in [4.78, 5) is 44.3. The van der Waals surface area contributed by atoms with Gasteiger partial charge in [-0.3, -0.25) is 19.4 Å². The van der Waals surface area contributed by atoms with Crippen molar-refractivity contribution < 1.29 is 14.4 Å². The lowest BCUT2D eigenvalue weighted by Gasteiger charge is -2.45. The van der Waals surface area contributed by atoms with Crippen LogP contribution in [0.3, 0.4) is 0 Å².